The lowest BCUT2D eigenvalue weighted by Gasteiger charge is -2.40. The van der Waals surface area contributed by atoms with Crippen molar-refractivity contribution in [1.29, 1.82) is 0 Å². The van der Waals surface area contributed by atoms with E-state index in [1.807, 2.05) is 4.90 Å². The SMILES string of the molecule is O=C(N1CCCC1)[C@]1(O)CCCN(CC2=CCCOC2)C1. The van der Waals surface area contributed by atoms with Crippen molar-refractivity contribution in [3.05, 3.63) is 11.6 Å². The van der Waals surface area contributed by atoms with Gasteiger partial charge in [0.2, 0.25) is 0 Å². The molecule has 2 saturated heterocycles. The van der Waals surface area contributed by atoms with Crippen molar-refractivity contribution in [2.45, 2.75) is 37.7 Å². The Labute approximate surface area is 126 Å². The van der Waals surface area contributed by atoms with Crippen molar-refractivity contribution >= 4 is 5.91 Å². The van der Waals surface area contributed by atoms with Crippen molar-refractivity contribution in [2.24, 2.45) is 0 Å². The summed E-state index contributed by atoms with van der Waals surface area (Å²) in [6, 6.07) is 0. The van der Waals surface area contributed by atoms with E-state index in [1.54, 1.807) is 0 Å². The van der Waals surface area contributed by atoms with Gasteiger partial charge in [0, 0.05) is 26.2 Å². The number of hydrogen-bond donors (Lipinski definition) is 1. The summed E-state index contributed by atoms with van der Waals surface area (Å²) in [5.41, 5.74) is 0.0951. The molecule has 1 amide bonds. The second kappa shape index (κ2) is 6.46. The van der Waals surface area contributed by atoms with Crippen molar-refractivity contribution in [3.63, 3.8) is 0 Å². The lowest BCUT2D eigenvalue weighted by molar-refractivity contribution is -0.155. The van der Waals surface area contributed by atoms with Crippen LogP contribution in [0.2, 0.25) is 0 Å². The summed E-state index contributed by atoms with van der Waals surface area (Å²) < 4.78 is 5.47. The molecular formula is C16H26N2O3. The molecular weight excluding hydrogens is 268 g/mol. The van der Waals surface area contributed by atoms with Crippen molar-refractivity contribution in [2.75, 3.05) is 45.9 Å². The van der Waals surface area contributed by atoms with Crippen LogP contribution in [0.5, 0.6) is 0 Å². The Morgan fingerprint density at radius 3 is 2.81 bits per heavy atom. The topological polar surface area (TPSA) is 53.0 Å². The minimum absolute atomic E-state index is 0.0569. The van der Waals surface area contributed by atoms with Crippen molar-refractivity contribution in [1.82, 2.24) is 9.80 Å². The molecule has 5 heteroatoms. The van der Waals surface area contributed by atoms with Gasteiger partial charge in [0.25, 0.3) is 5.91 Å². The maximum atomic E-state index is 12.6. The van der Waals surface area contributed by atoms with Gasteiger partial charge in [0.1, 0.15) is 0 Å². The molecule has 3 heterocycles. The van der Waals surface area contributed by atoms with Crippen LogP contribution in [0.25, 0.3) is 0 Å². The fraction of sp³-hybridized carbons (Fsp3) is 0.812. The standard InChI is InChI=1S/C16H26N2O3/c19-15(18-8-1-2-9-18)16(20)6-4-7-17(13-16)11-14-5-3-10-21-12-14/h5,20H,1-4,6-13H2/t16-/m0/s1. The number of hydrogen-bond acceptors (Lipinski definition) is 4. The first-order chi connectivity index (χ1) is 10.2. The maximum Gasteiger partial charge on any atom is 0.255 e. The Balaban J connectivity index is 1.61. The maximum absolute atomic E-state index is 12.6. The Bertz CT molecular complexity index is 418. The number of likely N-dealkylation sites (tertiary alicyclic amines) is 2. The van der Waals surface area contributed by atoms with E-state index in [0.717, 1.165) is 58.5 Å². The van der Waals surface area contributed by atoms with Crippen LogP contribution in [0.15, 0.2) is 11.6 Å². The van der Waals surface area contributed by atoms with Gasteiger partial charge in [0.15, 0.2) is 5.60 Å². The van der Waals surface area contributed by atoms with E-state index in [1.165, 1.54) is 5.57 Å². The lowest BCUT2D eigenvalue weighted by Crippen LogP contribution is -2.57. The van der Waals surface area contributed by atoms with Gasteiger partial charge in [0.05, 0.1) is 13.2 Å². The molecule has 21 heavy (non-hydrogen) atoms. The normalized spacial score (nSPS) is 31.3. The number of carbonyl (C=O) groups is 1. The molecule has 0 aliphatic carbocycles. The molecule has 3 aliphatic rings. The van der Waals surface area contributed by atoms with Crippen LogP contribution in [-0.2, 0) is 9.53 Å². The Kier molecular flexibility index (Phi) is 4.62. The van der Waals surface area contributed by atoms with E-state index < -0.39 is 5.60 Å². The zero-order chi connectivity index (χ0) is 14.7. The third-order valence-electron chi connectivity index (χ3n) is 4.75. The van der Waals surface area contributed by atoms with E-state index in [-0.39, 0.29) is 5.91 Å². The summed E-state index contributed by atoms with van der Waals surface area (Å²) in [7, 11) is 0. The molecule has 0 aromatic rings. The summed E-state index contributed by atoms with van der Waals surface area (Å²) in [6.07, 6.45) is 6.81. The fourth-order valence-electron chi connectivity index (χ4n) is 3.65. The number of rotatable bonds is 3. The number of aliphatic hydroxyl groups is 1. The third-order valence-corrected chi connectivity index (χ3v) is 4.75. The summed E-state index contributed by atoms with van der Waals surface area (Å²) in [5, 5.41) is 10.8. The van der Waals surface area contributed by atoms with E-state index in [0.29, 0.717) is 19.6 Å². The molecule has 3 aliphatic heterocycles. The first-order valence-corrected chi connectivity index (χ1v) is 8.17. The fourth-order valence-corrected chi connectivity index (χ4v) is 3.65. The molecule has 1 N–H and O–H groups in total. The van der Waals surface area contributed by atoms with Crippen LogP contribution in [0, 0.1) is 0 Å². The molecule has 3 rings (SSSR count). The third kappa shape index (κ3) is 3.47. The quantitative estimate of drug-likeness (QED) is 0.782. The second-order valence-electron chi connectivity index (χ2n) is 6.55. The number of β-amino-alcohol motifs (C(OH)–C–C–N with tert-alkyl or cyclic N) is 1. The molecule has 2 fully saturated rings. The average Bonchev–Trinajstić information content (AvgIpc) is 3.02. The second-order valence-corrected chi connectivity index (χ2v) is 6.55. The van der Waals surface area contributed by atoms with Gasteiger partial charge in [-0.2, -0.15) is 0 Å². The van der Waals surface area contributed by atoms with Gasteiger partial charge in [-0.1, -0.05) is 6.08 Å². The summed E-state index contributed by atoms with van der Waals surface area (Å²) in [4.78, 5) is 16.6. The molecule has 0 aromatic heterocycles. The lowest BCUT2D eigenvalue weighted by atomic mass is 9.91. The zero-order valence-corrected chi connectivity index (χ0v) is 12.7. The molecule has 1 atom stereocenters. The van der Waals surface area contributed by atoms with E-state index >= 15 is 0 Å². The molecule has 118 valence electrons. The molecule has 0 saturated carbocycles. The summed E-state index contributed by atoms with van der Waals surface area (Å²) in [5.74, 6) is -0.0569. The van der Waals surface area contributed by atoms with Crippen molar-refractivity contribution in [3.8, 4) is 0 Å². The minimum atomic E-state index is -1.18. The van der Waals surface area contributed by atoms with Crippen LogP contribution in [0.4, 0.5) is 0 Å². The van der Waals surface area contributed by atoms with E-state index in [4.69, 9.17) is 4.74 Å². The number of ether oxygens (including phenoxy) is 1. The monoisotopic (exact) mass is 294 g/mol. The highest BCUT2D eigenvalue weighted by Gasteiger charge is 2.43. The molecule has 5 nitrogen and oxygen atoms in total. The first kappa shape index (κ1) is 15.0. The minimum Gasteiger partial charge on any atom is -0.379 e. The summed E-state index contributed by atoms with van der Waals surface area (Å²) in [6.45, 7) is 5.33. The van der Waals surface area contributed by atoms with E-state index in [2.05, 4.69) is 11.0 Å². The van der Waals surface area contributed by atoms with Crippen LogP contribution < -0.4 is 0 Å². The number of piperidine rings is 1. The Hall–Kier alpha value is -0.910. The number of nitrogens with zero attached hydrogens (tertiary/aromatic N) is 2. The van der Waals surface area contributed by atoms with Crippen LogP contribution in [0.1, 0.15) is 32.1 Å². The smallest absolute Gasteiger partial charge is 0.255 e. The van der Waals surface area contributed by atoms with Gasteiger partial charge in [-0.25, -0.2) is 0 Å². The zero-order valence-electron chi connectivity index (χ0n) is 12.7. The molecule has 0 spiro atoms. The van der Waals surface area contributed by atoms with Gasteiger partial charge in [-0.05, 0) is 44.2 Å². The first-order valence-electron chi connectivity index (χ1n) is 8.17. The average molecular weight is 294 g/mol. The van der Waals surface area contributed by atoms with Gasteiger partial charge in [-0.3, -0.25) is 9.69 Å². The largest absolute Gasteiger partial charge is 0.379 e. The molecule has 0 bridgehead atoms. The van der Waals surface area contributed by atoms with Gasteiger partial charge >= 0.3 is 0 Å². The Morgan fingerprint density at radius 1 is 1.29 bits per heavy atom. The van der Waals surface area contributed by atoms with Crippen LogP contribution in [0.3, 0.4) is 0 Å². The molecule has 0 aromatic carbocycles. The predicted molar refractivity (Wildman–Crippen MR) is 80.0 cm³/mol. The summed E-state index contributed by atoms with van der Waals surface area (Å²) >= 11 is 0. The van der Waals surface area contributed by atoms with Gasteiger partial charge < -0.3 is 14.7 Å². The highest BCUT2D eigenvalue weighted by Crippen LogP contribution is 2.26. The molecule has 0 unspecified atom stereocenters. The Morgan fingerprint density at radius 2 is 2.10 bits per heavy atom. The predicted octanol–water partition coefficient (Wildman–Crippen LogP) is 0.782. The van der Waals surface area contributed by atoms with Crippen LogP contribution >= 0.6 is 0 Å². The van der Waals surface area contributed by atoms with Gasteiger partial charge in [-0.15, -0.1) is 0 Å². The highest BCUT2D eigenvalue weighted by atomic mass is 16.5. The number of carbonyl (C=O) groups excluding carboxylic acids is 1. The van der Waals surface area contributed by atoms with Crippen molar-refractivity contribution < 1.29 is 14.6 Å². The number of amides is 1. The molecule has 0 radical (unpaired) electrons. The highest BCUT2D eigenvalue weighted by molar-refractivity contribution is 5.85. The van der Waals surface area contributed by atoms with E-state index in [9.17, 15) is 9.90 Å². The van der Waals surface area contributed by atoms with Crippen LogP contribution in [-0.4, -0.2) is 72.4 Å².